The average molecular weight is 349 g/mol. The molecule has 16 heavy (non-hydrogen) atoms. The summed E-state index contributed by atoms with van der Waals surface area (Å²) in [6.07, 6.45) is 2.78. The van der Waals surface area contributed by atoms with Gasteiger partial charge in [0.1, 0.15) is 0 Å². The third-order valence-corrected chi connectivity index (χ3v) is 4.21. The second kappa shape index (κ2) is 6.23. The fourth-order valence-electron chi connectivity index (χ4n) is 2.34. The molecule has 0 spiro atoms. The minimum Gasteiger partial charge on any atom is -0.313 e. The van der Waals surface area contributed by atoms with Crippen LogP contribution in [-0.4, -0.2) is 13.2 Å². The van der Waals surface area contributed by atoms with Crippen molar-refractivity contribution < 1.29 is 4.18 Å². The van der Waals surface area contributed by atoms with Gasteiger partial charge in [-0.3, -0.25) is 0 Å². The molecule has 4 heteroatoms. The van der Waals surface area contributed by atoms with Gasteiger partial charge >= 0.3 is 0 Å². The highest BCUT2D eigenvalue weighted by Crippen LogP contribution is 2.41. The van der Waals surface area contributed by atoms with Crippen molar-refractivity contribution in [3.63, 3.8) is 0 Å². The molecule has 1 unspecified atom stereocenters. The first-order chi connectivity index (χ1) is 7.85. The van der Waals surface area contributed by atoms with E-state index in [1.165, 1.54) is 14.8 Å². The van der Waals surface area contributed by atoms with Gasteiger partial charge in [0.2, 0.25) is 0 Å². The van der Waals surface area contributed by atoms with Crippen molar-refractivity contribution in [2.45, 2.75) is 25.0 Å². The Morgan fingerprint density at radius 3 is 2.62 bits per heavy atom. The standard InChI is InChI=1S/C12H16INOS/c1-14-12(9-5-3-2-4-6-9)10-7-11(8-10)15-16-13/h2-6,10-12,14H,7-8H2,1H3. The van der Waals surface area contributed by atoms with E-state index in [0.717, 1.165) is 12.8 Å². The maximum absolute atomic E-state index is 5.51. The van der Waals surface area contributed by atoms with E-state index in [1.54, 1.807) is 0 Å². The van der Waals surface area contributed by atoms with Crippen LogP contribution in [0.15, 0.2) is 30.3 Å². The van der Waals surface area contributed by atoms with Crippen molar-refractivity contribution in [1.82, 2.24) is 5.32 Å². The van der Waals surface area contributed by atoms with Crippen LogP contribution in [0.5, 0.6) is 0 Å². The summed E-state index contributed by atoms with van der Waals surface area (Å²) in [4.78, 5) is 0. The van der Waals surface area contributed by atoms with Crippen molar-refractivity contribution in [3.8, 4) is 0 Å². The summed E-state index contributed by atoms with van der Waals surface area (Å²) in [5.74, 6) is 0.709. The molecule has 1 N–H and O–H groups in total. The van der Waals surface area contributed by atoms with E-state index in [0.29, 0.717) is 18.1 Å². The van der Waals surface area contributed by atoms with Gasteiger partial charge in [-0.25, -0.2) is 0 Å². The third-order valence-electron chi connectivity index (χ3n) is 3.24. The van der Waals surface area contributed by atoms with E-state index in [2.05, 4.69) is 56.9 Å². The molecule has 0 aliphatic heterocycles. The summed E-state index contributed by atoms with van der Waals surface area (Å²) in [6, 6.07) is 11.1. The van der Waals surface area contributed by atoms with E-state index >= 15 is 0 Å². The predicted molar refractivity (Wildman–Crippen MR) is 77.5 cm³/mol. The second-order valence-electron chi connectivity index (χ2n) is 4.19. The highest BCUT2D eigenvalue weighted by Gasteiger charge is 2.36. The minimum atomic E-state index is 0.450. The number of halogens is 1. The van der Waals surface area contributed by atoms with Gasteiger partial charge in [0.05, 0.1) is 15.3 Å². The summed E-state index contributed by atoms with van der Waals surface area (Å²) < 4.78 is 5.51. The van der Waals surface area contributed by atoms with Crippen molar-refractivity contribution in [2.75, 3.05) is 7.05 Å². The molecular weight excluding hydrogens is 333 g/mol. The monoisotopic (exact) mass is 349 g/mol. The van der Waals surface area contributed by atoms with Crippen LogP contribution in [-0.2, 0) is 4.18 Å². The molecule has 1 saturated carbocycles. The summed E-state index contributed by atoms with van der Waals surface area (Å²) >= 11 is 2.18. The highest BCUT2D eigenvalue weighted by molar-refractivity contribution is 14.2. The number of rotatable bonds is 5. The lowest BCUT2D eigenvalue weighted by Crippen LogP contribution is -2.38. The molecule has 0 bridgehead atoms. The van der Waals surface area contributed by atoms with Crippen LogP contribution < -0.4 is 5.32 Å². The Morgan fingerprint density at radius 1 is 1.38 bits per heavy atom. The van der Waals surface area contributed by atoms with E-state index in [9.17, 15) is 0 Å². The molecule has 2 rings (SSSR count). The van der Waals surface area contributed by atoms with Gasteiger partial charge in [-0.15, -0.1) is 0 Å². The molecule has 0 heterocycles. The molecule has 1 atom stereocenters. The highest BCUT2D eigenvalue weighted by atomic mass is 127. The summed E-state index contributed by atoms with van der Waals surface area (Å²) in [7, 11) is 3.49. The van der Waals surface area contributed by atoms with Crippen LogP contribution in [0.2, 0.25) is 0 Å². The molecule has 0 saturated heterocycles. The number of nitrogens with one attached hydrogen (secondary N) is 1. The van der Waals surface area contributed by atoms with Crippen LogP contribution in [0, 0.1) is 5.92 Å². The maximum atomic E-state index is 5.51. The van der Waals surface area contributed by atoms with Gasteiger partial charge in [0, 0.05) is 27.2 Å². The summed E-state index contributed by atoms with van der Waals surface area (Å²) in [6.45, 7) is 0. The average Bonchev–Trinajstić information content (AvgIpc) is 2.28. The molecular formula is C12H16INOS. The Kier molecular flexibility index (Phi) is 4.94. The van der Waals surface area contributed by atoms with E-state index in [1.807, 2.05) is 7.05 Å². The van der Waals surface area contributed by atoms with Crippen molar-refractivity contribution in [1.29, 1.82) is 0 Å². The first-order valence-corrected chi connectivity index (χ1v) is 8.80. The molecule has 0 aromatic heterocycles. The quantitative estimate of drug-likeness (QED) is 0.646. The number of hydrogen-bond acceptors (Lipinski definition) is 3. The molecule has 1 aliphatic carbocycles. The van der Waals surface area contributed by atoms with Crippen LogP contribution in [0.3, 0.4) is 0 Å². The van der Waals surface area contributed by atoms with Gasteiger partial charge in [0.15, 0.2) is 0 Å². The predicted octanol–water partition coefficient (Wildman–Crippen LogP) is 3.74. The molecule has 2 nitrogen and oxygen atoms in total. The van der Waals surface area contributed by atoms with Crippen molar-refractivity contribution in [2.24, 2.45) is 5.92 Å². The van der Waals surface area contributed by atoms with Crippen molar-refractivity contribution in [3.05, 3.63) is 35.9 Å². The Labute approximate surface area is 113 Å². The normalized spacial score (nSPS) is 26.1. The zero-order chi connectivity index (χ0) is 11.4. The Hall–Kier alpha value is 0.220. The first-order valence-electron chi connectivity index (χ1n) is 5.51. The zero-order valence-electron chi connectivity index (χ0n) is 9.23. The molecule has 0 radical (unpaired) electrons. The van der Waals surface area contributed by atoms with Gasteiger partial charge in [-0.05, 0) is 31.4 Å². The Morgan fingerprint density at radius 2 is 2.06 bits per heavy atom. The van der Waals surface area contributed by atoms with Crippen LogP contribution in [0.25, 0.3) is 0 Å². The Bertz CT molecular complexity index is 316. The topological polar surface area (TPSA) is 21.3 Å². The van der Waals surface area contributed by atoms with Gasteiger partial charge < -0.3 is 9.50 Å². The molecule has 0 amide bonds. The van der Waals surface area contributed by atoms with E-state index < -0.39 is 0 Å². The smallest absolute Gasteiger partial charge is 0.0738 e. The minimum absolute atomic E-state index is 0.450. The summed E-state index contributed by atoms with van der Waals surface area (Å²) in [5, 5.41) is 3.42. The van der Waals surface area contributed by atoms with E-state index in [-0.39, 0.29) is 0 Å². The molecule has 1 aliphatic rings. The molecule has 88 valence electrons. The van der Waals surface area contributed by atoms with Gasteiger partial charge in [-0.1, -0.05) is 30.3 Å². The first kappa shape index (κ1) is 12.7. The SMILES string of the molecule is CNC(c1ccccc1)C1CC(OSI)C1. The number of hydrogen-bond donors (Lipinski definition) is 1. The lowest BCUT2D eigenvalue weighted by atomic mass is 9.75. The fraction of sp³-hybridized carbons (Fsp3) is 0.500. The third kappa shape index (κ3) is 2.91. The van der Waals surface area contributed by atoms with Gasteiger partial charge in [-0.2, -0.15) is 0 Å². The van der Waals surface area contributed by atoms with Crippen LogP contribution in [0.4, 0.5) is 0 Å². The lowest BCUT2D eigenvalue weighted by molar-refractivity contribution is 0.0642. The molecule has 1 fully saturated rings. The zero-order valence-corrected chi connectivity index (χ0v) is 12.2. The van der Waals surface area contributed by atoms with Gasteiger partial charge in [0.25, 0.3) is 0 Å². The Balaban J connectivity index is 1.93. The lowest BCUT2D eigenvalue weighted by Gasteiger charge is -2.39. The molecule has 1 aromatic carbocycles. The van der Waals surface area contributed by atoms with E-state index in [4.69, 9.17) is 4.18 Å². The summed E-state index contributed by atoms with van der Waals surface area (Å²) in [5.41, 5.74) is 1.38. The number of benzene rings is 1. The largest absolute Gasteiger partial charge is 0.313 e. The molecule has 1 aromatic rings. The van der Waals surface area contributed by atoms with Crippen LogP contribution in [0.1, 0.15) is 24.4 Å². The second-order valence-corrected chi connectivity index (χ2v) is 5.59. The van der Waals surface area contributed by atoms with Crippen molar-refractivity contribution >= 4 is 30.4 Å². The fourth-order valence-corrected chi connectivity index (χ4v) is 3.48. The van der Waals surface area contributed by atoms with Crippen LogP contribution >= 0.6 is 30.4 Å². The maximum Gasteiger partial charge on any atom is 0.0738 e.